The molecule has 4 aromatic rings. The lowest BCUT2D eigenvalue weighted by Gasteiger charge is -2.35. The third kappa shape index (κ3) is 5.85. The molecular formula is C31H35N5O7. The molecule has 43 heavy (non-hydrogen) atoms. The van der Waals surface area contributed by atoms with Crippen molar-refractivity contribution in [1.82, 2.24) is 20.3 Å². The van der Waals surface area contributed by atoms with Crippen LogP contribution >= 0.6 is 0 Å². The predicted octanol–water partition coefficient (Wildman–Crippen LogP) is 4.27. The van der Waals surface area contributed by atoms with Crippen LogP contribution in [-0.4, -0.2) is 60.5 Å². The number of nitrogens with zero attached hydrogens (tertiary/aromatic N) is 4. The molecule has 0 spiro atoms. The van der Waals surface area contributed by atoms with Crippen LogP contribution in [0.3, 0.4) is 0 Å². The van der Waals surface area contributed by atoms with Crippen molar-refractivity contribution >= 4 is 28.5 Å². The van der Waals surface area contributed by atoms with E-state index in [9.17, 15) is 9.59 Å². The molecule has 1 atom stereocenters. The first-order valence-electron chi connectivity index (χ1n) is 13.8. The number of nitrogens with one attached hydrogen (secondary N) is 1. The van der Waals surface area contributed by atoms with E-state index < -0.39 is 23.4 Å². The lowest BCUT2D eigenvalue weighted by atomic mass is 9.97. The summed E-state index contributed by atoms with van der Waals surface area (Å²) in [6.45, 7) is 5.68. The van der Waals surface area contributed by atoms with E-state index in [1.807, 2.05) is 45.0 Å². The SMILES string of the molecule is CCC(C)(C)NC(=O)C(c1cc(OC)c(OC)c(OC)c1)N(C(=O)Cn1nnc2ccccc21)c1ccc2c(c1)OCO2. The second kappa shape index (κ2) is 12.1. The van der Waals surface area contributed by atoms with Crippen molar-refractivity contribution in [1.29, 1.82) is 0 Å². The first-order chi connectivity index (χ1) is 20.7. The standard InChI is InChI=1S/C31H35N5O7/c1-7-31(2,3)32-30(38)28(19-14-25(39-4)29(41-6)26(15-19)40-5)36(20-12-13-23-24(16-20)43-18-42-23)27(37)17-35-22-11-9-8-10-21(22)33-34-35/h8-16,28H,7,17-18H2,1-6H3,(H,32,38). The monoisotopic (exact) mass is 589 g/mol. The Balaban J connectivity index is 1.69. The number of carbonyl (C=O) groups is 2. The molecule has 2 amide bonds. The first-order valence-corrected chi connectivity index (χ1v) is 13.8. The maximum absolute atomic E-state index is 14.4. The Bertz CT molecular complexity index is 1630. The maximum Gasteiger partial charge on any atom is 0.249 e. The zero-order valence-electron chi connectivity index (χ0n) is 25.0. The molecule has 12 heteroatoms. The Kier molecular flexibility index (Phi) is 8.29. The van der Waals surface area contributed by atoms with Crippen molar-refractivity contribution in [3.05, 3.63) is 60.2 Å². The van der Waals surface area contributed by atoms with Crippen molar-refractivity contribution < 1.29 is 33.3 Å². The second-order valence-electron chi connectivity index (χ2n) is 10.6. The van der Waals surface area contributed by atoms with Crippen LogP contribution in [0.25, 0.3) is 11.0 Å². The molecule has 0 fully saturated rings. The van der Waals surface area contributed by atoms with Crippen LogP contribution in [-0.2, 0) is 16.1 Å². The van der Waals surface area contributed by atoms with E-state index in [0.29, 0.717) is 57.5 Å². The minimum atomic E-state index is -1.16. The minimum Gasteiger partial charge on any atom is -0.493 e. The number of ether oxygens (including phenoxy) is 5. The topological polar surface area (TPSA) is 126 Å². The molecule has 1 aromatic heterocycles. The van der Waals surface area contributed by atoms with E-state index in [-0.39, 0.29) is 13.3 Å². The molecule has 5 rings (SSSR count). The number of carbonyl (C=O) groups excluding carboxylic acids is 2. The highest BCUT2D eigenvalue weighted by Gasteiger charge is 2.37. The summed E-state index contributed by atoms with van der Waals surface area (Å²) in [6, 6.07) is 14.6. The van der Waals surface area contributed by atoms with Gasteiger partial charge < -0.3 is 29.0 Å². The largest absolute Gasteiger partial charge is 0.493 e. The molecule has 0 saturated heterocycles. The average molecular weight is 590 g/mol. The maximum atomic E-state index is 14.4. The van der Waals surface area contributed by atoms with Crippen molar-refractivity contribution in [2.75, 3.05) is 33.0 Å². The minimum absolute atomic E-state index is 0.0547. The Morgan fingerprint density at radius 3 is 2.37 bits per heavy atom. The predicted molar refractivity (Wildman–Crippen MR) is 159 cm³/mol. The fraction of sp³-hybridized carbons (Fsp3) is 0.355. The van der Waals surface area contributed by atoms with Gasteiger partial charge in [0.1, 0.15) is 18.1 Å². The number of aromatic nitrogens is 3. The molecule has 1 unspecified atom stereocenters. The highest BCUT2D eigenvalue weighted by atomic mass is 16.7. The summed E-state index contributed by atoms with van der Waals surface area (Å²) in [7, 11) is 4.48. The number of amides is 2. The molecule has 1 aliphatic heterocycles. The van der Waals surface area contributed by atoms with Gasteiger partial charge in [0.05, 0.1) is 26.8 Å². The number of rotatable bonds is 11. The van der Waals surface area contributed by atoms with Crippen molar-refractivity contribution in [3.63, 3.8) is 0 Å². The first kappa shape index (κ1) is 29.5. The molecule has 3 aromatic carbocycles. The summed E-state index contributed by atoms with van der Waals surface area (Å²) in [6.07, 6.45) is 0.656. The molecule has 12 nitrogen and oxygen atoms in total. The Labute approximate surface area is 249 Å². The van der Waals surface area contributed by atoms with E-state index in [1.165, 1.54) is 30.9 Å². The summed E-state index contributed by atoms with van der Waals surface area (Å²) in [4.78, 5) is 30.2. The van der Waals surface area contributed by atoms with Crippen molar-refractivity contribution in [3.8, 4) is 28.7 Å². The molecule has 226 valence electrons. The van der Waals surface area contributed by atoms with Gasteiger partial charge in [-0.15, -0.1) is 5.10 Å². The van der Waals surface area contributed by atoms with E-state index in [4.69, 9.17) is 23.7 Å². The van der Waals surface area contributed by atoms with Gasteiger partial charge in [-0.05, 0) is 62.2 Å². The van der Waals surface area contributed by atoms with Crippen LogP contribution in [0.4, 0.5) is 5.69 Å². The van der Waals surface area contributed by atoms with E-state index >= 15 is 0 Å². The number of fused-ring (bicyclic) bond motifs is 2. The molecule has 0 saturated carbocycles. The van der Waals surface area contributed by atoms with Gasteiger partial charge in [-0.3, -0.25) is 14.5 Å². The van der Waals surface area contributed by atoms with Gasteiger partial charge in [0.2, 0.25) is 24.4 Å². The van der Waals surface area contributed by atoms with E-state index in [0.717, 1.165) is 0 Å². The summed E-state index contributed by atoms with van der Waals surface area (Å²) in [5.74, 6) is 1.21. The number of para-hydroxylation sites is 1. The molecule has 0 radical (unpaired) electrons. The van der Waals surface area contributed by atoms with Gasteiger partial charge in [0, 0.05) is 17.3 Å². The molecule has 0 aliphatic carbocycles. The zero-order chi connectivity index (χ0) is 30.7. The van der Waals surface area contributed by atoms with Gasteiger partial charge >= 0.3 is 0 Å². The number of hydrogen-bond donors (Lipinski definition) is 1. The third-order valence-electron chi connectivity index (χ3n) is 7.46. The quantitative estimate of drug-likeness (QED) is 0.273. The fourth-order valence-electron chi connectivity index (χ4n) is 4.88. The van der Waals surface area contributed by atoms with Crippen LogP contribution in [0.15, 0.2) is 54.6 Å². The van der Waals surface area contributed by atoms with Gasteiger partial charge in [0.25, 0.3) is 0 Å². The van der Waals surface area contributed by atoms with Crippen LogP contribution in [0.5, 0.6) is 28.7 Å². The molecular weight excluding hydrogens is 554 g/mol. The Morgan fingerprint density at radius 2 is 1.70 bits per heavy atom. The van der Waals surface area contributed by atoms with E-state index in [1.54, 1.807) is 30.3 Å². The summed E-state index contributed by atoms with van der Waals surface area (Å²) >= 11 is 0. The number of anilines is 1. The lowest BCUT2D eigenvalue weighted by Crippen LogP contribution is -2.51. The van der Waals surface area contributed by atoms with Crippen molar-refractivity contribution in [2.45, 2.75) is 45.3 Å². The van der Waals surface area contributed by atoms with Crippen LogP contribution < -0.4 is 33.9 Å². The molecule has 2 heterocycles. The molecule has 0 bridgehead atoms. The smallest absolute Gasteiger partial charge is 0.249 e. The third-order valence-corrected chi connectivity index (χ3v) is 7.46. The van der Waals surface area contributed by atoms with Crippen LogP contribution in [0.1, 0.15) is 38.8 Å². The normalized spacial score (nSPS) is 13.0. The highest BCUT2D eigenvalue weighted by molar-refractivity contribution is 6.02. The zero-order valence-corrected chi connectivity index (χ0v) is 25.0. The highest BCUT2D eigenvalue weighted by Crippen LogP contribution is 2.43. The summed E-state index contributed by atoms with van der Waals surface area (Å²) < 4.78 is 29.4. The number of hydrogen-bond acceptors (Lipinski definition) is 9. The lowest BCUT2D eigenvalue weighted by molar-refractivity contribution is -0.128. The summed E-state index contributed by atoms with van der Waals surface area (Å²) in [5.41, 5.74) is 1.62. The molecule has 1 aliphatic rings. The van der Waals surface area contributed by atoms with Gasteiger partial charge in [-0.25, -0.2) is 4.68 Å². The summed E-state index contributed by atoms with van der Waals surface area (Å²) in [5, 5.41) is 11.5. The van der Waals surface area contributed by atoms with Crippen LogP contribution in [0, 0.1) is 0 Å². The van der Waals surface area contributed by atoms with Gasteiger partial charge in [0.15, 0.2) is 23.0 Å². The van der Waals surface area contributed by atoms with Gasteiger partial charge in [-0.1, -0.05) is 24.3 Å². The number of methoxy groups -OCH3 is 3. The number of benzene rings is 3. The fourth-order valence-corrected chi connectivity index (χ4v) is 4.88. The van der Waals surface area contributed by atoms with Crippen molar-refractivity contribution in [2.24, 2.45) is 0 Å². The average Bonchev–Trinajstić information content (AvgIpc) is 3.65. The van der Waals surface area contributed by atoms with E-state index in [2.05, 4.69) is 15.6 Å². The molecule has 1 N–H and O–H groups in total. The second-order valence-corrected chi connectivity index (χ2v) is 10.6. The van der Waals surface area contributed by atoms with Gasteiger partial charge in [-0.2, -0.15) is 0 Å². The Hall–Kier alpha value is -5.00. The Morgan fingerprint density at radius 1 is 1.00 bits per heavy atom. The van der Waals surface area contributed by atoms with Crippen LogP contribution in [0.2, 0.25) is 0 Å².